The van der Waals surface area contributed by atoms with Crippen molar-refractivity contribution < 1.29 is 9.15 Å². The number of rotatable bonds is 7. The summed E-state index contributed by atoms with van der Waals surface area (Å²) >= 11 is 0. The normalized spacial score (nSPS) is 12.3. The molecular weight excluding hydrogens is 254 g/mol. The first kappa shape index (κ1) is 14.5. The van der Waals surface area contributed by atoms with E-state index in [2.05, 4.69) is 41.5 Å². The summed E-state index contributed by atoms with van der Waals surface area (Å²) in [7, 11) is 0. The third kappa shape index (κ3) is 3.81. The van der Waals surface area contributed by atoms with Crippen LogP contribution in [0.2, 0.25) is 0 Å². The Balaban J connectivity index is 1.94. The van der Waals surface area contributed by atoms with E-state index in [0.717, 1.165) is 18.7 Å². The number of nitrogens with zero attached hydrogens (tertiary/aromatic N) is 2. The Hall–Kier alpha value is -1.88. The van der Waals surface area contributed by atoms with Crippen LogP contribution in [0.3, 0.4) is 0 Å². The highest BCUT2D eigenvalue weighted by Gasteiger charge is 2.08. The van der Waals surface area contributed by atoms with Gasteiger partial charge >= 0.3 is 0 Å². The van der Waals surface area contributed by atoms with E-state index in [1.807, 2.05) is 12.1 Å². The van der Waals surface area contributed by atoms with Crippen molar-refractivity contribution in [3.63, 3.8) is 0 Å². The molecule has 1 aromatic heterocycles. The van der Waals surface area contributed by atoms with E-state index < -0.39 is 0 Å². The SMILES string of the molecule is CCNC(CC)c1ccc(OCc2nnc(C)o2)cc1. The lowest BCUT2D eigenvalue weighted by Gasteiger charge is -2.16. The van der Waals surface area contributed by atoms with E-state index in [1.54, 1.807) is 6.92 Å². The summed E-state index contributed by atoms with van der Waals surface area (Å²) in [4.78, 5) is 0. The molecule has 1 N–H and O–H groups in total. The molecule has 0 radical (unpaired) electrons. The van der Waals surface area contributed by atoms with Gasteiger partial charge in [0.25, 0.3) is 5.89 Å². The molecule has 0 saturated heterocycles. The van der Waals surface area contributed by atoms with Gasteiger partial charge in [-0.05, 0) is 30.7 Å². The number of ether oxygens (including phenoxy) is 1. The molecule has 1 atom stereocenters. The van der Waals surface area contributed by atoms with Gasteiger partial charge in [-0.2, -0.15) is 0 Å². The molecule has 0 aliphatic carbocycles. The Kier molecular flexibility index (Phi) is 5.12. The molecule has 0 aliphatic heterocycles. The van der Waals surface area contributed by atoms with Gasteiger partial charge in [0.15, 0.2) is 6.61 Å². The molecule has 0 bridgehead atoms. The minimum Gasteiger partial charge on any atom is -0.484 e. The molecule has 1 heterocycles. The van der Waals surface area contributed by atoms with Crippen molar-refractivity contribution in [3.05, 3.63) is 41.6 Å². The molecule has 0 saturated carbocycles. The molecule has 0 fully saturated rings. The Labute approximate surface area is 119 Å². The molecule has 1 unspecified atom stereocenters. The van der Waals surface area contributed by atoms with Crippen molar-refractivity contribution in [2.24, 2.45) is 0 Å². The zero-order chi connectivity index (χ0) is 14.4. The quantitative estimate of drug-likeness (QED) is 0.841. The standard InChI is InChI=1S/C15H21N3O2/c1-4-14(16-5-2)12-6-8-13(9-7-12)19-10-15-18-17-11(3)20-15/h6-9,14,16H,4-5,10H2,1-3H3. The first-order chi connectivity index (χ1) is 9.72. The second-order valence-electron chi connectivity index (χ2n) is 4.59. The average molecular weight is 275 g/mol. The molecule has 5 heteroatoms. The highest BCUT2D eigenvalue weighted by Crippen LogP contribution is 2.20. The molecule has 20 heavy (non-hydrogen) atoms. The maximum atomic E-state index is 5.62. The molecule has 1 aromatic carbocycles. The number of hydrogen-bond donors (Lipinski definition) is 1. The van der Waals surface area contributed by atoms with E-state index in [-0.39, 0.29) is 0 Å². The largest absolute Gasteiger partial charge is 0.484 e. The van der Waals surface area contributed by atoms with Crippen molar-refractivity contribution in [2.75, 3.05) is 6.54 Å². The lowest BCUT2D eigenvalue weighted by atomic mass is 10.0. The fourth-order valence-corrected chi connectivity index (χ4v) is 2.08. The van der Waals surface area contributed by atoms with Crippen LogP contribution in [0.1, 0.15) is 43.7 Å². The maximum Gasteiger partial charge on any atom is 0.253 e. The van der Waals surface area contributed by atoms with Crippen LogP contribution >= 0.6 is 0 Å². The number of aromatic nitrogens is 2. The number of hydrogen-bond acceptors (Lipinski definition) is 5. The topological polar surface area (TPSA) is 60.2 Å². The van der Waals surface area contributed by atoms with Gasteiger partial charge in [0.05, 0.1) is 0 Å². The minimum atomic E-state index is 0.296. The van der Waals surface area contributed by atoms with Crippen molar-refractivity contribution in [1.82, 2.24) is 15.5 Å². The molecule has 2 aromatic rings. The van der Waals surface area contributed by atoms with Crippen LogP contribution in [0, 0.1) is 6.92 Å². The second kappa shape index (κ2) is 7.05. The number of aryl methyl sites for hydroxylation is 1. The van der Waals surface area contributed by atoms with Gasteiger partial charge in [-0.1, -0.05) is 26.0 Å². The van der Waals surface area contributed by atoms with Crippen LogP contribution in [-0.2, 0) is 6.61 Å². The zero-order valence-electron chi connectivity index (χ0n) is 12.2. The second-order valence-corrected chi connectivity index (χ2v) is 4.59. The third-order valence-corrected chi connectivity index (χ3v) is 3.07. The maximum absolute atomic E-state index is 5.62. The molecule has 5 nitrogen and oxygen atoms in total. The Morgan fingerprint density at radius 1 is 1.20 bits per heavy atom. The van der Waals surface area contributed by atoms with Crippen molar-refractivity contribution in [3.8, 4) is 5.75 Å². The summed E-state index contributed by atoms with van der Waals surface area (Å²) in [6.45, 7) is 7.32. The lowest BCUT2D eigenvalue weighted by molar-refractivity contribution is 0.260. The monoisotopic (exact) mass is 275 g/mol. The highest BCUT2D eigenvalue weighted by atomic mass is 16.5. The van der Waals surface area contributed by atoms with E-state index in [1.165, 1.54) is 5.56 Å². The summed E-state index contributed by atoms with van der Waals surface area (Å²) in [5, 5.41) is 11.1. The Morgan fingerprint density at radius 3 is 2.50 bits per heavy atom. The van der Waals surface area contributed by atoms with Gasteiger partial charge in [-0.15, -0.1) is 10.2 Å². The molecule has 0 aliphatic rings. The highest BCUT2D eigenvalue weighted by molar-refractivity contribution is 5.29. The van der Waals surface area contributed by atoms with Gasteiger partial charge < -0.3 is 14.5 Å². The number of nitrogens with one attached hydrogen (secondary N) is 1. The van der Waals surface area contributed by atoms with Crippen molar-refractivity contribution in [2.45, 2.75) is 39.8 Å². The summed E-state index contributed by atoms with van der Waals surface area (Å²) in [5.41, 5.74) is 1.27. The van der Waals surface area contributed by atoms with E-state index in [0.29, 0.717) is 24.4 Å². The van der Waals surface area contributed by atoms with Crippen LogP contribution in [0.5, 0.6) is 5.75 Å². The fraction of sp³-hybridized carbons (Fsp3) is 0.467. The zero-order valence-corrected chi connectivity index (χ0v) is 12.2. The fourth-order valence-electron chi connectivity index (χ4n) is 2.08. The van der Waals surface area contributed by atoms with Crippen molar-refractivity contribution in [1.29, 1.82) is 0 Å². The van der Waals surface area contributed by atoms with Crippen LogP contribution in [0.4, 0.5) is 0 Å². The molecule has 0 amide bonds. The third-order valence-electron chi connectivity index (χ3n) is 3.07. The van der Waals surface area contributed by atoms with Crippen LogP contribution in [0.15, 0.2) is 28.7 Å². The molecule has 108 valence electrons. The predicted octanol–water partition coefficient (Wildman–Crippen LogP) is 3.02. The smallest absolute Gasteiger partial charge is 0.253 e. The van der Waals surface area contributed by atoms with Gasteiger partial charge in [-0.3, -0.25) is 0 Å². The Bertz CT molecular complexity index is 522. The summed E-state index contributed by atoms with van der Waals surface area (Å²) < 4.78 is 10.9. The van der Waals surface area contributed by atoms with Crippen LogP contribution in [0.25, 0.3) is 0 Å². The van der Waals surface area contributed by atoms with E-state index in [4.69, 9.17) is 9.15 Å². The van der Waals surface area contributed by atoms with E-state index >= 15 is 0 Å². The minimum absolute atomic E-state index is 0.296. The first-order valence-electron chi connectivity index (χ1n) is 6.98. The average Bonchev–Trinajstić information content (AvgIpc) is 2.89. The molecule has 2 rings (SSSR count). The predicted molar refractivity (Wildman–Crippen MR) is 76.5 cm³/mol. The summed E-state index contributed by atoms with van der Waals surface area (Å²) in [6.07, 6.45) is 1.06. The summed E-state index contributed by atoms with van der Waals surface area (Å²) in [5.74, 6) is 1.84. The molecular formula is C15H21N3O2. The van der Waals surface area contributed by atoms with Crippen LogP contribution < -0.4 is 10.1 Å². The first-order valence-corrected chi connectivity index (χ1v) is 6.98. The summed E-state index contributed by atoms with van der Waals surface area (Å²) in [6, 6.07) is 8.51. The van der Waals surface area contributed by atoms with Gasteiger partial charge in [-0.25, -0.2) is 0 Å². The lowest BCUT2D eigenvalue weighted by Crippen LogP contribution is -2.19. The Morgan fingerprint density at radius 2 is 1.95 bits per heavy atom. The van der Waals surface area contributed by atoms with E-state index in [9.17, 15) is 0 Å². The van der Waals surface area contributed by atoms with Gasteiger partial charge in [0, 0.05) is 13.0 Å². The number of benzene rings is 1. The molecule has 0 spiro atoms. The van der Waals surface area contributed by atoms with Gasteiger partial charge in [0.1, 0.15) is 5.75 Å². The van der Waals surface area contributed by atoms with Crippen LogP contribution in [-0.4, -0.2) is 16.7 Å². The van der Waals surface area contributed by atoms with Crippen molar-refractivity contribution >= 4 is 0 Å². The van der Waals surface area contributed by atoms with Gasteiger partial charge in [0.2, 0.25) is 5.89 Å².